The van der Waals surface area contributed by atoms with Gasteiger partial charge in [0.05, 0.1) is 19.3 Å². The maximum atomic E-state index is 14.0. The van der Waals surface area contributed by atoms with E-state index in [0.717, 1.165) is 12.1 Å². The van der Waals surface area contributed by atoms with Crippen LogP contribution < -0.4 is 10.2 Å². The lowest BCUT2D eigenvalue weighted by Crippen LogP contribution is -2.65. The summed E-state index contributed by atoms with van der Waals surface area (Å²) < 4.78 is 40.0. The van der Waals surface area contributed by atoms with Gasteiger partial charge < -0.3 is 94.1 Å². The van der Waals surface area contributed by atoms with Gasteiger partial charge in [-0.3, -0.25) is 4.79 Å². The molecule has 0 unspecified atom stereocenters. The van der Waals surface area contributed by atoms with Gasteiger partial charge in [-0.15, -0.1) is 0 Å². The molecule has 1 aromatic heterocycles. The predicted molar refractivity (Wildman–Crippen MR) is 171 cm³/mol. The zero-order valence-corrected chi connectivity index (χ0v) is 27.7. The number of hydrogen-bond donors (Lipinski definition) is 12. The van der Waals surface area contributed by atoms with E-state index in [4.69, 9.17) is 32.8 Å². The molecule has 4 heterocycles. The van der Waals surface area contributed by atoms with Gasteiger partial charge in [0.2, 0.25) is 17.5 Å². The molecule has 0 radical (unpaired) electrons. The van der Waals surface area contributed by atoms with Gasteiger partial charge in [-0.1, -0.05) is 0 Å². The first-order valence-corrected chi connectivity index (χ1v) is 16.4. The molecule has 292 valence electrons. The van der Waals surface area contributed by atoms with E-state index < -0.39 is 133 Å². The summed E-state index contributed by atoms with van der Waals surface area (Å²) in [5.74, 6) is -2.39. The lowest BCUT2D eigenvalue weighted by Gasteiger charge is -2.46. The average Bonchev–Trinajstić information content (AvgIpc) is 3.12. The van der Waals surface area contributed by atoms with Crippen LogP contribution in [0.4, 0.5) is 0 Å². The quantitative estimate of drug-likeness (QED) is 0.100. The number of rotatable bonds is 9. The lowest BCUT2D eigenvalue weighted by atomic mass is 9.97. The number of benzene rings is 2. The van der Waals surface area contributed by atoms with Crippen LogP contribution in [-0.4, -0.2) is 167 Å². The smallest absolute Gasteiger partial charge is 0.239 e. The number of phenols is 3. The highest BCUT2D eigenvalue weighted by molar-refractivity contribution is 5.88. The van der Waals surface area contributed by atoms with Gasteiger partial charge in [0.25, 0.3) is 0 Å². The van der Waals surface area contributed by atoms with Crippen molar-refractivity contribution in [2.24, 2.45) is 0 Å². The fraction of sp³-hybridized carbons (Fsp3) is 0.545. The molecule has 3 saturated heterocycles. The molecule has 3 fully saturated rings. The van der Waals surface area contributed by atoms with Gasteiger partial charge in [-0.2, -0.15) is 0 Å². The van der Waals surface area contributed by atoms with E-state index in [1.165, 1.54) is 31.2 Å². The third-order valence-corrected chi connectivity index (χ3v) is 9.30. The molecular weight excluding hydrogens is 716 g/mol. The Morgan fingerprint density at radius 1 is 0.679 bits per heavy atom. The molecular formula is C33H40O20. The minimum absolute atomic E-state index is 0.112. The standard InChI is InChI=1S/C33H40O20/c1-10-19(38)23(42)26(45)31(48-10)47-9-17-21(40)25(44)30(53-32-27(46)24(43)20(39)16(8-34)50-32)33(51-17)52-29-22(41)18-14(37)6-13(36)7-15(18)49-28(29)11-2-4-12(35)5-3-11/h2-7,10,16-17,19-21,23-27,30-40,42-46H,8-9H2,1H3/t10-,16+,17+,19-,20+,21-,23+,24-,25-,26+,27+,30+,31+,32-,33-/m0/s1. The minimum atomic E-state index is -2.06. The van der Waals surface area contributed by atoms with Gasteiger partial charge >= 0.3 is 0 Å². The molecule has 0 spiro atoms. The summed E-state index contributed by atoms with van der Waals surface area (Å²) in [6.45, 7) is -0.140. The first kappa shape index (κ1) is 39.0. The zero-order chi connectivity index (χ0) is 38.5. The number of phenolic OH excluding ortho intramolecular Hbond substituents is 3. The fourth-order valence-electron chi connectivity index (χ4n) is 6.25. The van der Waals surface area contributed by atoms with Gasteiger partial charge in [-0.25, -0.2) is 0 Å². The number of aliphatic hydroxyl groups is 9. The van der Waals surface area contributed by atoms with E-state index in [2.05, 4.69) is 0 Å². The fourth-order valence-corrected chi connectivity index (χ4v) is 6.25. The van der Waals surface area contributed by atoms with E-state index in [1.54, 1.807) is 0 Å². The van der Waals surface area contributed by atoms with Gasteiger partial charge in [0, 0.05) is 17.7 Å². The highest BCUT2D eigenvalue weighted by Gasteiger charge is 2.52. The summed E-state index contributed by atoms with van der Waals surface area (Å²) in [7, 11) is 0. The predicted octanol–water partition coefficient (Wildman–Crippen LogP) is -3.57. The van der Waals surface area contributed by atoms with Crippen LogP contribution in [0.2, 0.25) is 0 Å². The molecule has 12 N–H and O–H groups in total. The number of aliphatic hydroxyl groups excluding tert-OH is 9. The van der Waals surface area contributed by atoms with Crippen molar-refractivity contribution in [3.63, 3.8) is 0 Å². The van der Waals surface area contributed by atoms with E-state index in [1.807, 2.05) is 0 Å². The van der Waals surface area contributed by atoms with Crippen molar-refractivity contribution in [1.29, 1.82) is 0 Å². The topological polar surface area (TPSA) is 328 Å². The Hall–Kier alpha value is -3.71. The number of aromatic hydroxyl groups is 3. The molecule has 2 aromatic carbocycles. The molecule has 0 saturated carbocycles. The molecule has 0 bridgehead atoms. The van der Waals surface area contributed by atoms with Crippen LogP contribution in [0.3, 0.4) is 0 Å². The number of hydrogen-bond acceptors (Lipinski definition) is 20. The summed E-state index contributed by atoms with van der Waals surface area (Å²) in [4.78, 5) is 14.0. The Balaban J connectivity index is 1.39. The third-order valence-electron chi connectivity index (χ3n) is 9.30. The van der Waals surface area contributed by atoms with Crippen molar-refractivity contribution in [2.75, 3.05) is 13.2 Å². The number of fused-ring (bicyclic) bond motifs is 1. The molecule has 20 heteroatoms. The van der Waals surface area contributed by atoms with Crippen LogP contribution in [0.25, 0.3) is 22.3 Å². The van der Waals surface area contributed by atoms with Gasteiger partial charge in [0.1, 0.15) is 89.3 Å². The summed E-state index contributed by atoms with van der Waals surface area (Å²) in [6, 6.07) is 7.05. The molecule has 3 aliphatic rings. The lowest BCUT2D eigenvalue weighted by molar-refractivity contribution is -0.362. The van der Waals surface area contributed by atoms with Crippen LogP contribution in [0.1, 0.15) is 6.92 Å². The summed E-state index contributed by atoms with van der Waals surface area (Å²) in [5, 5.41) is 124. The molecule has 0 amide bonds. The number of ether oxygens (including phenoxy) is 6. The molecule has 3 aliphatic heterocycles. The Kier molecular flexibility index (Phi) is 11.5. The van der Waals surface area contributed by atoms with Crippen LogP contribution in [0.15, 0.2) is 45.6 Å². The summed E-state index contributed by atoms with van der Waals surface area (Å²) >= 11 is 0. The first-order chi connectivity index (χ1) is 25.1. The highest BCUT2D eigenvalue weighted by atomic mass is 16.8. The van der Waals surface area contributed by atoms with Crippen molar-refractivity contribution in [3.05, 3.63) is 46.6 Å². The molecule has 0 aliphatic carbocycles. The highest BCUT2D eigenvalue weighted by Crippen LogP contribution is 2.38. The second-order valence-corrected chi connectivity index (χ2v) is 12.9. The molecule has 15 atom stereocenters. The Morgan fingerprint density at radius 3 is 1.98 bits per heavy atom. The van der Waals surface area contributed by atoms with Crippen molar-refractivity contribution in [1.82, 2.24) is 0 Å². The second-order valence-electron chi connectivity index (χ2n) is 12.9. The normalized spacial score (nSPS) is 37.8. The van der Waals surface area contributed by atoms with E-state index in [-0.39, 0.29) is 22.7 Å². The van der Waals surface area contributed by atoms with Crippen LogP contribution in [0.5, 0.6) is 23.0 Å². The largest absolute Gasteiger partial charge is 0.508 e. The zero-order valence-electron chi connectivity index (χ0n) is 27.7. The Labute approximate surface area is 298 Å². The van der Waals surface area contributed by atoms with Crippen LogP contribution >= 0.6 is 0 Å². The van der Waals surface area contributed by atoms with Crippen molar-refractivity contribution in [2.45, 2.75) is 99.0 Å². The minimum Gasteiger partial charge on any atom is -0.508 e. The molecule has 20 nitrogen and oxygen atoms in total. The summed E-state index contributed by atoms with van der Waals surface area (Å²) in [6.07, 6.45) is -26.1. The summed E-state index contributed by atoms with van der Waals surface area (Å²) in [5.41, 5.74) is -1.23. The van der Waals surface area contributed by atoms with E-state index in [9.17, 15) is 66.1 Å². The third kappa shape index (κ3) is 7.52. The molecule has 3 aromatic rings. The molecule has 6 rings (SSSR count). The monoisotopic (exact) mass is 756 g/mol. The molecule has 53 heavy (non-hydrogen) atoms. The first-order valence-electron chi connectivity index (χ1n) is 16.4. The van der Waals surface area contributed by atoms with Gasteiger partial charge in [-0.05, 0) is 31.2 Å². The second kappa shape index (κ2) is 15.6. The van der Waals surface area contributed by atoms with Crippen LogP contribution in [0, 0.1) is 0 Å². The van der Waals surface area contributed by atoms with E-state index >= 15 is 0 Å². The Morgan fingerprint density at radius 2 is 1.30 bits per heavy atom. The van der Waals surface area contributed by atoms with E-state index in [0.29, 0.717) is 0 Å². The van der Waals surface area contributed by atoms with Crippen LogP contribution in [-0.2, 0) is 23.7 Å². The van der Waals surface area contributed by atoms with Crippen molar-refractivity contribution in [3.8, 4) is 34.3 Å². The Bertz CT molecular complexity index is 1780. The maximum absolute atomic E-state index is 14.0. The SMILES string of the molecule is C[C@@H]1O[C@@H](OC[C@H]2O[C@@H](Oc3c(-c4ccc(O)cc4)oc4cc(O)cc(O)c4c3=O)[C@H](O[C@@H]3O[C@H](CO)[C@@H](O)[C@H](O)[C@H]3O)[C@@H](O)[C@H]2O)[C@H](O)[C@H](O)[C@H]1O. The average molecular weight is 757 g/mol. The van der Waals surface area contributed by atoms with Gasteiger partial charge in [0.15, 0.2) is 24.4 Å². The van der Waals surface area contributed by atoms with Crippen molar-refractivity contribution < 1.29 is 94.1 Å². The maximum Gasteiger partial charge on any atom is 0.239 e. The van der Waals surface area contributed by atoms with Crippen molar-refractivity contribution >= 4 is 11.0 Å².